The lowest BCUT2D eigenvalue weighted by Crippen LogP contribution is -1.97. The Kier molecular flexibility index (Phi) is 3.74. The Balaban J connectivity index is 1.68. The lowest BCUT2D eigenvalue weighted by molar-refractivity contribution is 0.319. The third-order valence-electron chi connectivity index (χ3n) is 2.11. The molecule has 0 spiro atoms. The summed E-state index contributed by atoms with van der Waals surface area (Å²) in [5.41, 5.74) is 3.15. The van der Waals surface area contributed by atoms with Gasteiger partial charge in [0.15, 0.2) is 5.06 Å². The lowest BCUT2D eigenvalue weighted by Gasteiger charge is -2.02. The molecule has 0 saturated heterocycles. The van der Waals surface area contributed by atoms with Gasteiger partial charge in [-0.25, -0.2) is 4.98 Å². The Morgan fingerprint density at radius 3 is 2.80 bits per heavy atom. The van der Waals surface area contributed by atoms with Gasteiger partial charge in [0.05, 0.1) is 18.3 Å². The molecule has 1 aromatic carbocycles. The number of aromatic nitrogens is 1. The molecule has 0 N–H and O–H groups in total. The Labute approximate surface area is 93.6 Å². The molecule has 0 aliphatic carbocycles. The van der Waals surface area contributed by atoms with Crippen LogP contribution in [0.5, 0.6) is 5.06 Å². The topological polar surface area (TPSA) is 22.1 Å². The van der Waals surface area contributed by atoms with E-state index >= 15 is 0 Å². The molecule has 0 radical (unpaired) electrons. The predicted molar refractivity (Wildman–Crippen MR) is 62.4 cm³/mol. The molecule has 3 heteroatoms. The van der Waals surface area contributed by atoms with Gasteiger partial charge in [0.2, 0.25) is 0 Å². The standard InChI is InChI=1S/C12H13NOS/c1-2-5-11(6-3-1)7-4-8-14-12-9-13-10-15-12/h1-3,5-6,9-10H,4,7-8H2. The fraction of sp³-hybridized carbons (Fsp3) is 0.250. The van der Waals surface area contributed by atoms with Gasteiger partial charge in [-0.2, -0.15) is 0 Å². The molecule has 0 aliphatic heterocycles. The summed E-state index contributed by atoms with van der Waals surface area (Å²) in [7, 11) is 0. The minimum atomic E-state index is 0.761. The maximum absolute atomic E-state index is 5.52. The molecular formula is C12H13NOS. The van der Waals surface area contributed by atoms with Gasteiger partial charge in [0.1, 0.15) is 0 Å². The first-order valence-corrected chi connectivity index (χ1v) is 5.88. The number of rotatable bonds is 5. The molecule has 1 aromatic heterocycles. The van der Waals surface area contributed by atoms with Gasteiger partial charge in [-0.3, -0.25) is 0 Å². The molecule has 2 rings (SSSR count). The van der Waals surface area contributed by atoms with Crippen molar-refractivity contribution >= 4 is 11.3 Å². The van der Waals surface area contributed by atoms with Gasteiger partial charge in [-0.05, 0) is 18.4 Å². The highest BCUT2D eigenvalue weighted by atomic mass is 32.1. The summed E-state index contributed by atoms with van der Waals surface area (Å²) in [6, 6.07) is 10.5. The van der Waals surface area contributed by atoms with Gasteiger partial charge < -0.3 is 4.74 Å². The van der Waals surface area contributed by atoms with Crippen LogP contribution < -0.4 is 4.74 Å². The molecule has 0 saturated carbocycles. The van der Waals surface area contributed by atoms with Crippen molar-refractivity contribution in [3.63, 3.8) is 0 Å². The smallest absolute Gasteiger partial charge is 0.193 e. The highest BCUT2D eigenvalue weighted by molar-refractivity contribution is 7.11. The molecule has 0 amide bonds. The van der Waals surface area contributed by atoms with E-state index in [9.17, 15) is 0 Å². The van der Waals surface area contributed by atoms with Crippen LogP contribution in [0.15, 0.2) is 42.0 Å². The molecule has 0 atom stereocenters. The summed E-state index contributed by atoms with van der Waals surface area (Å²) < 4.78 is 5.52. The van der Waals surface area contributed by atoms with Gasteiger partial charge in [0.25, 0.3) is 0 Å². The highest BCUT2D eigenvalue weighted by Gasteiger charge is 1.95. The number of ether oxygens (including phenoxy) is 1. The van der Waals surface area contributed by atoms with E-state index in [4.69, 9.17) is 4.74 Å². The van der Waals surface area contributed by atoms with E-state index < -0.39 is 0 Å². The van der Waals surface area contributed by atoms with E-state index in [0.29, 0.717) is 0 Å². The molecule has 0 fully saturated rings. The van der Waals surface area contributed by atoms with Gasteiger partial charge in [0, 0.05) is 0 Å². The molecule has 15 heavy (non-hydrogen) atoms. The second-order valence-electron chi connectivity index (χ2n) is 3.26. The van der Waals surface area contributed by atoms with Crippen LogP contribution in [0.4, 0.5) is 0 Å². The van der Waals surface area contributed by atoms with Crippen molar-refractivity contribution in [1.29, 1.82) is 0 Å². The number of nitrogens with zero attached hydrogens (tertiary/aromatic N) is 1. The van der Waals surface area contributed by atoms with Gasteiger partial charge in [-0.15, -0.1) is 0 Å². The van der Waals surface area contributed by atoms with Crippen LogP contribution in [-0.4, -0.2) is 11.6 Å². The minimum absolute atomic E-state index is 0.761. The number of aryl methyl sites for hydroxylation is 1. The Morgan fingerprint density at radius 1 is 1.20 bits per heavy atom. The van der Waals surface area contributed by atoms with Crippen LogP contribution in [0, 0.1) is 0 Å². The fourth-order valence-electron chi connectivity index (χ4n) is 1.37. The number of hydrogen-bond donors (Lipinski definition) is 0. The average Bonchev–Trinajstić information content (AvgIpc) is 2.79. The average molecular weight is 219 g/mol. The molecule has 0 aliphatic rings. The van der Waals surface area contributed by atoms with E-state index in [1.54, 1.807) is 11.7 Å². The van der Waals surface area contributed by atoms with E-state index in [2.05, 4.69) is 29.2 Å². The summed E-state index contributed by atoms with van der Waals surface area (Å²) in [6.07, 6.45) is 3.87. The third-order valence-corrected chi connectivity index (χ3v) is 2.79. The minimum Gasteiger partial charge on any atom is -0.483 e. The quantitative estimate of drug-likeness (QED) is 0.721. The zero-order valence-corrected chi connectivity index (χ0v) is 9.24. The van der Waals surface area contributed by atoms with Gasteiger partial charge >= 0.3 is 0 Å². The molecule has 2 nitrogen and oxygen atoms in total. The molecule has 2 aromatic rings. The van der Waals surface area contributed by atoms with Crippen LogP contribution >= 0.6 is 11.3 Å². The zero-order chi connectivity index (χ0) is 10.3. The highest BCUT2D eigenvalue weighted by Crippen LogP contribution is 2.15. The summed E-state index contributed by atoms with van der Waals surface area (Å²) >= 11 is 1.54. The lowest BCUT2D eigenvalue weighted by atomic mass is 10.1. The fourth-order valence-corrected chi connectivity index (χ4v) is 1.87. The van der Waals surface area contributed by atoms with Crippen molar-refractivity contribution < 1.29 is 4.74 Å². The second kappa shape index (κ2) is 5.51. The van der Waals surface area contributed by atoms with E-state index in [0.717, 1.165) is 24.5 Å². The number of benzene rings is 1. The predicted octanol–water partition coefficient (Wildman–Crippen LogP) is 3.15. The van der Waals surface area contributed by atoms with Crippen molar-refractivity contribution in [2.45, 2.75) is 12.8 Å². The van der Waals surface area contributed by atoms with E-state index in [1.807, 2.05) is 6.07 Å². The first kappa shape index (κ1) is 10.2. The summed E-state index contributed by atoms with van der Waals surface area (Å²) in [4.78, 5) is 3.95. The van der Waals surface area contributed by atoms with Crippen LogP contribution in [0.25, 0.3) is 0 Å². The summed E-state index contributed by atoms with van der Waals surface area (Å²) in [5, 5.41) is 0.906. The Hall–Kier alpha value is -1.35. The van der Waals surface area contributed by atoms with Crippen molar-refractivity contribution in [1.82, 2.24) is 4.98 Å². The van der Waals surface area contributed by atoms with E-state index in [-0.39, 0.29) is 0 Å². The van der Waals surface area contributed by atoms with Crippen LogP contribution in [-0.2, 0) is 6.42 Å². The molecule has 1 heterocycles. The first-order chi connectivity index (χ1) is 7.45. The molecule has 78 valence electrons. The van der Waals surface area contributed by atoms with Crippen LogP contribution in [0.2, 0.25) is 0 Å². The number of thiazole rings is 1. The molecule has 0 bridgehead atoms. The first-order valence-electron chi connectivity index (χ1n) is 5.00. The maximum Gasteiger partial charge on any atom is 0.193 e. The van der Waals surface area contributed by atoms with Crippen molar-refractivity contribution in [3.05, 3.63) is 47.6 Å². The SMILES string of the molecule is c1ccc(CCCOc2cncs2)cc1. The summed E-state index contributed by atoms with van der Waals surface area (Å²) in [6.45, 7) is 0.761. The Bertz CT molecular complexity index is 372. The van der Waals surface area contributed by atoms with Crippen LogP contribution in [0.3, 0.4) is 0 Å². The van der Waals surface area contributed by atoms with Crippen molar-refractivity contribution in [2.24, 2.45) is 0 Å². The number of hydrogen-bond acceptors (Lipinski definition) is 3. The van der Waals surface area contributed by atoms with Crippen molar-refractivity contribution in [2.75, 3.05) is 6.61 Å². The van der Waals surface area contributed by atoms with Crippen LogP contribution in [0.1, 0.15) is 12.0 Å². The maximum atomic E-state index is 5.52. The second-order valence-corrected chi connectivity index (χ2v) is 4.11. The van der Waals surface area contributed by atoms with E-state index in [1.165, 1.54) is 16.9 Å². The largest absolute Gasteiger partial charge is 0.483 e. The normalized spacial score (nSPS) is 10.1. The zero-order valence-electron chi connectivity index (χ0n) is 8.43. The van der Waals surface area contributed by atoms with Gasteiger partial charge in [-0.1, -0.05) is 41.7 Å². The summed E-state index contributed by atoms with van der Waals surface area (Å²) in [5.74, 6) is 0. The monoisotopic (exact) mass is 219 g/mol. The molecular weight excluding hydrogens is 206 g/mol. The third kappa shape index (κ3) is 3.36. The molecule has 0 unspecified atom stereocenters. The van der Waals surface area contributed by atoms with Crippen molar-refractivity contribution in [3.8, 4) is 5.06 Å². The Morgan fingerprint density at radius 2 is 2.07 bits per heavy atom.